The minimum absolute atomic E-state index is 0.832. The Balaban J connectivity index is 1.00. The number of nitrogens with one attached hydrogen (secondary N) is 2. The molecule has 0 bridgehead atoms. The largest absolute Gasteiger partial charge is 0.388 e. The van der Waals surface area contributed by atoms with Crippen molar-refractivity contribution in [3.8, 4) is 0 Å². The summed E-state index contributed by atoms with van der Waals surface area (Å²) >= 11 is 0. The number of nitrogens with zero attached hydrogens (tertiary/aromatic N) is 8. The van der Waals surface area contributed by atoms with Crippen LogP contribution in [-0.2, 0) is 26.2 Å². The molecule has 2 N–H and O–H groups in total. The fraction of sp³-hybridized carbons (Fsp3) is 0.242. The minimum Gasteiger partial charge on any atom is -0.388 e. The molecule has 0 aliphatic carbocycles. The third-order valence-electron chi connectivity index (χ3n) is 7.03. The van der Waals surface area contributed by atoms with Crippen LogP contribution in [0.25, 0.3) is 0 Å². The summed E-state index contributed by atoms with van der Waals surface area (Å²) in [4.78, 5) is 0. The van der Waals surface area contributed by atoms with Gasteiger partial charge in [-0.2, -0.15) is 20.5 Å². The van der Waals surface area contributed by atoms with Gasteiger partial charge in [0, 0.05) is 62.6 Å². The first-order chi connectivity index (χ1) is 21.2. The molecule has 2 aromatic carbocycles. The van der Waals surface area contributed by atoms with Gasteiger partial charge in [-0.25, -0.2) is 18.3 Å². The first-order valence-electron chi connectivity index (χ1n) is 14.6. The molecule has 5 rings (SSSR count). The van der Waals surface area contributed by atoms with E-state index < -0.39 is 0 Å². The van der Waals surface area contributed by atoms with Gasteiger partial charge >= 0.3 is 0 Å². The topological polar surface area (TPSA) is 90.1 Å². The van der Waals surface area contributed by atoms with Crippen molar-refractivity contribution in [2.75, 3.05) is 24.7 Å². The molecule has 3 aromatic heterocycles. The zero-order valence-electron chi connectivity index (χ0n) is 24.8. The highest BCUT2D eigenvalue weighted by Crippen LogP contribution is 2.20. The summed E-state index contributed by atoms with van der Waals surface area (Å²) in [6.45, 7) is 3.81. The van der Waals surface area contributed by atoms with Crippen LogP contribution in [0.2, 0.25) is 0 Å². The van der Waals surface area contributed by atoms with E-state index in [1.54, 1.807) is 0 Å². The molecular weight excluding hydrogens is 536 g/mol. The number of aromatic nitrogens is 4. The molecule has 0 unspecified atom stereocenters. The maximum atomic E-state index is 4.35. The Morgan fingerprint density at radius 2 is 0.930 bits per heavy atom. The minimum atomic E-state index is 0.832. The van der Waals surface area contributed by atoms with Crippen molar-refractivity contribution in [2.45, 2.75) is 39.0 Å². The van der Waals surface area contributed by atoms with Gasteiger partial charge in [0.05, 0.1) is 35.8 Å². The third-order valence-corrected chi connectivity index (χ3v) is 7.03. The highest BCUT2D eigenvalue weighted by molar-refractivity contribution is 5.51. The van der Waals surface area contributed by atoms with Crippen molar-refractivity contribution in [2.24, 2.45) is 20.5 Å². The lowest BCUT2D eigenvalue weighted by Crippen LogP contribution is -2.37. The van der Waals surface area contributed by atoms with Crippen molar-refractivity contribution in [3.63, 3.8) is 0 Å². The molecule has 0 amide bonds. The molecule has 3 heterocycles. The number of azo groups is 2. The van der Waals surface area contributed by atoms with Crippen LogP contribution < -0.4 is 24.3 Å². The highest BCUT2D eigenvalue weighted by Gasteiger charge is 2.08. The summed E-state index contributed by atoms with van der Waals surface area (Å²) in [5, 5.41) is 23.5. The van der Waals surface area contributed by atoms with Crippen LogP contribution in [0, 0.1) is 0 Å². The van der Waals surface area contributed by atoms with Gasteiger partial charge in [-0.15, -0.1) is 0 Å². The predicted molar refractivity (Wildman–Crippen MR) is 167 cm³/mol. The molecule has 0 saturated carbocycles. The Hall–Kier alpha value is -5.25. The van der Waals surface area contributed by atoms with Gasteiger partial charge in [-0.1, -0.05) is 0 Å². The maximum absolute atomic E-state index is 4.35. The number of anilines is 2. The number of hydrogen-bond donors (Lipinski definition) is 2. The van der Waals surface area contributed by atoms with E-state index in [2.05, 4.69) is 92.9 Å². The van der Waals surface area contributed by atoms with Crippen LogP contribution in [0.15, 0.2) is 137 Å². The normalized spacial score (nSPS) is 11.4. The van der Waals surface area contributed by atoms with Crippen LogP contribution in [-0.4, -0.2) is 18.7 Å². The van der Waals surface area contributed by atoms with Gasteiger partial charge in [-0.05, 0) is 48.5 Å². The summed E-state index contributed by atoms with van der Waals surface area (Å²) in [6, 6.07) is 23.7. The fourth-order valence-corrected chi connectivity index (χ4v) is 4.53. The van der Waals surface area contributed by atoms with E-state index in [1.807, 2.05) is 86.9 Å². The monoisotopic (exact) mass is 575 g/mol. The van der Waals surface area contributed by atoms with Gasteiger partial charge in [0.1, 0.15) is 12.4 Å². The van der Waals surface area contributed by atoms with E-state index in [0.717, 1.165) is 73.1 Å². The van der Waals surface area contributed by atoms with Crippen LogP contribution >= 0.6 is 0 Å². The van der Waals surface area contributed by atoms with Gasteiger partial charge in [-0.3, -0.25) is 0 Å². The second kappa shape index (κ2) is 15.1. The van der Waals surface area contributed by atoms with Crippen LogP contribution in [0.4, 0.5) is 34.1 Å². The molecule has 0 aliphatic heterocycles. The van der Waals surface area contributed by atoms with E-state index in [9.17, 15) is 0 Å². The average molecular weight is 576 g/mol. The first-order valence-corrected chi connectivity index (χ1v) is 14.6. The summed E-state index contributed by atoms with van der Waals surface area (Å²) < 4.78 is 8.87. The predicted octanol–water partition coefficient (Wildman–Crippen LogP) is 6.45. The lowest BCUT2D eigenvalue weighted by Gasteiger charge is -1.99. The number of benzene rings is 2. The number of pyridine rings is 2. The summed E-state index contributed by atoms with van der Waals surface area (Å²) in [6.07, 6.45) is 16.8. The Bertz CT molecular complexity index is 1480. The summed E-state index contributed by atoms with van der Waals surface area (Å²) in [7, 11) is 3.80. The maximum Gasteiger partial charge on any atom is 0.243 e. The fourth-order valence-electron chi connectivity index (χ4n) is 4.53. The molecule has 0 saturated heterocycles. The van der Waals surface area contributed by atoms with Crippen LogP contribution in [0.1, 0.15) is 12.8 Å². The molecule has 0 aliphatic rings. The SMILES string of the molecule is CNc1ccc(/N=N\c2cc[n+](CCCn3cc[n+](CCC[n+]4ccc(/N=N\c5ccc(NC)cc5)cc4)c3)cc2)cc1. The first kappa shape index (κ1) is 29.2. The van der Waals surface area contributed by atoms with Gasteiger partial charge in [0.15, 0.2) is 37.9 Å². The molecule has 0 spiro atoms. The van der Waals surface area contributed by atoms with Crippen molar-refractivity contribution < 1.29 is 13.7 Å². The number of aryl methyl sites for hydroxylation is 4. The zero-order chi connectivity index (χ0) is 29.7. The Morgan fingerprint density at radius 1 is 0.512 bits per heavy atom. The van der Waals surface area contributed by atoms with Gasteiger partial charge in [0.25, 0.3) is 0 Å². The Kier molecular flexibility index (Phi) is 10.3. The molecule has 43 heavy (non-hydrogen) atoms. The van der Waals surface area contributed by atoms with Crippen molar-refractivity contribution in [3.05, 3.63) is 116 Å². The zero-order valence-corrected chi connectivity index (χ0v) is 24.8. The quantitative estimate of drug-likeness (QED) is 0.118. The van der Waals surface area contributed by atoms with Crippen molar-refractivity contribution in [1.82, 2.24) is 4.57 Å². The summed E-state index contributed by atoms with van der Waals surface area (Å²) in [5.41, 5.74) is 5.45. The van der Waals surface area contributed by atoms with E-state index in [1.165, 1.54) is 0 Å². The molecule has 0 fully saturated rings. The standard InChI is InChI=1S/C33H37N10/c1-34-28-5-9-30(10-6-28)36-38-32-13-21-40(22-14-32)17-3-19-42-25-26-43(27-42)20-4-18-41-23-15-33(16-24-41)39-37-31-11-7-29(35-2)8-12-31/h5-16,21-27H,3-4,17-20H2,1-2H3/q+1/p+2. The molecule has 10 nitrogen and oxygen atoms in total. The molecule has 10 heteroatoms. The second-order valence-electron chi connectivity index (χ2n) is 10.2. The smallest absolute Gasteiger partial charge is 0.243 e. The number of rotatable bonds is 14. The lowest BCUT2D eigenvalue weighted by molar-refractivity contribution is -0.726. The molecule has 0 atom stereocenters. The van der Waals surface area contributed by atoms with Crippen LogP contribution in [0.5, 0.6) is 0 Å². The van der Waals surface area contributed by atoms with Crippen molar-refractivity contribution in [1.29, 1.82) is 0 Å². The van der Waals surface area contributed by atoms with Gasteiger partial charge < -0.3 is 10.6 Å². The molecular formula is C33H39N10+3. The third kappa shape index (κ3) is 9.12. The Labute approximate surface area is 252 Å². The molecule has 0 radical (unpaired) electrons. The van der Waals surface area contributed by atoms with Crippen molar-refractivity contribution >= 4 is 34.1 Å². The molecule has 218 valence electrons. The lowest BCUT2D eigenvalue weighted by atomic mass is 10.3. The highest BCUT2D eigenvalue weighted by atomic mass is 15.1. The molecule has 5 aromatic rings. The van der Waals surface area contributed by atoms with E-state index in [4.69, 9.17) is 0 Å². The van der Waals surface area contributed by atoms with Gasteiger partial charge in [0.2, 0.25) is 6.33 Å². The average Bonchev–Trinajstić information content (AvgIpc) is 3.52. The van der Waals surface area contributed by atoms with Crippen LogP contribution in [0.3, 0.4) is 0 Å². The van der Waals surface area contributed by atoms with E-state index in [-0.39, 0.29) is 0 Å². The summed E-state index contributed by atoms with van der Waals surface area (Å²) in [5.74, 6) is 0. The van der Waals surface area contributed by atoms with E-state index >= 15 is 0 Å². The number of hydrogen-bond acceptors (Lipinski definition) is 6. The Morgan fingerprint density at radius 3 is 1.40 bits per heavy atom. The second-order valence-corrected chi connectivity index (χ2v) is 10.2. The number of imidazole rings is 1. The van der Waals surface area contributed by atoms with E-state index in [0.29, 0.717) is 0 Å².